The lowest BCUT2D eigenvalue weighted by molar-refractivity contribution is -0.130. The van der Waals surface area contributed by atoms with E-state index >= 15 is 4.39 Å². The summed E-state index contributed by atoms with van der Waals surface area (Å²) < 4.78 is 44.8. The van der Waals surface area contributed by atoms with E-state index in [1.807, 2.05) is 50.8 Å². The average Bonchev–Trinajstić information content (AvgIpc) is 2.97. The van der Waals surface area contributed by atoms with Gasteiger partial charge in [0.15, 0.2) is 11.7 Å². The molecule has 0 saturated carbocycles. The van der Waals surface area contributed by atoms with Gasteiger partial charge in [0.05, 0.1) is 27.5 Å². The van der Waals surface area contributed by atoms with Crippen molar-refractivity contribution in [2.45, 2.75) is 52.6 Å². The molecule has 228 valence electrons. The van der Waals surface area contributed by atoms with Crippen LogP contribution in [0.25, 0.3) is 11.3 Å². The highest BCUT2D eigenvalue weighted by Gasteiger charge is 2.42. The number of anilines is 3. The van der Waals surface area contributed by atoms with Crippen LogP contribution in [-0.2, 0) is 17.6 Å². The smallest absolute Gasteiger partial charge is 0.246 e. The van der Waals surface area contributed by atoms with E-state index in [4.69, 9.17) is 22.3 Å². The molecule has 5 rings (SSSR count). The number of nitrogens with zero attached hydrogens (tertiary/aromatic N) is 5. The zero-order chi connectivity index (χ0) is 31.2. The number of nitrogen functional groups attached to an aromatic ring is 1. The Bertz CT molecular complexity index is 1590. The largest absolute Gasteiger partial charge is 0.398 e. The minimum atomic E-state index is -3.91. The van der Waals surface area contributed by atoms with Crippen molar-refractivity contribution in [3.05, 3.63) is 82.6 Å². The van der Waals surface area contributed by atoms with Gasteiger partial charge in [-0.15, -0.1) is 4.40 Å². The third kappa shape index (κ3) is 5.35. The van der Waals surface area contributed by atoms with Crippen LogP contribution in [0.2, 0.25) is 5.02 Å². The number of carbonyl (C=O) groups excluding carboxylic acids is 1. The molecule has 1 fully saturated rings. The Balaban J connectivity index is 1.78. The first kappa shape index (κ1) is 30.8. The number of amidine groups is 1. The van der Waals surface area contributed by atoms with Gasteiger partial charge >= 0.3 is 0 Å². The Hall–Kier alpha value is -3.64. The Morgan fingerprint density at radius 2 is 1.79 bits per heavy atom. The number of carbonyl (C=O) groups is 1. The summed E-state index contributed by atoms with van der Waals surface area (Å²) in [6, 6.07) is 11.3. The molecule has 0 bridgehead atoms. The average molecular weight is 627 g/mol. The lowest BCUT2D eigenvalue weighted by Crippen LogP contribution is -2.59. The van der Waals surface area contributed by atoms with Crippen molar-refractivity contribution in [2.75, 3.05) is 23.1 Å². The van der Waals surface area contributed by atoms with Crippen molar-refractivity contribution < 1.29 is 18.3 Å². The van der Waals surface area contributed by atoms with Crippen LogP contribution >= 0.6 is 22.6 Å². The summed E-state index contributed by atoms with van der Waals surface area (Å²) in [6.45, 7) is 12.2. The van der Waals surface area contributed by atoms with Gasteiger partial charge in [-0.1, -0.05) is 56.3 Å². The molecule has 0 radical (unpaired) electrons. The lowest BCUT2D eigenvalue weighted by atomic mass is 10.0. The van der Waals surface area contributed by atoms with Gasteiger partial charge in [0, 0.05) is 30.9 Å². The molecule has 0 aliphatic carbocycles. The Kier molecular flexibility index (Phi) is 8.45. The minimum absolute atomic E-state index is 0.0221. The van der Waals surface area contributed by atoms with Crippen LogP contribution in [0.15, 0.2) is 59.5 Å². The molecular weight excluding hydrogens is 591 g/mol. The van der Waals surface area contributed by atoms with Crippen LogP contribution in [0.4, 0.5) is 21.6 Å². The second kappa shape index (κ2) is 11.8. The van der Waals surface area contributed by atoms with Crippen molar-refractivity contribution in [1.82, 2.24) is 14.8 Å². The Morgan fingerprint density at radius 3 is 2.40 bits per heavy atom. The van der Waals surface area contributed by atoms with E-state index in [-0.39, 0.29) is 51.6 Å². The van der Waals surface area contributed by atoms with Gasteiger partial charge < -0.3 is 15.5 Å². The first-order chi connectivity index (χ1) is 20.4. The van der Waals surface area contributed by atoms with Crippen molar-refractivity contribution >= 4 is 51.5 Å². The number of hydrogen-bond donors (Lipinski definition) is 3. The van der Waals surface area contributed by atoms with Crippen LogP contribution in [0, 0.1) is 5.82 Å². The summed E-state index contributed by atoms with van der Waals surface area (Å²) in [4.78, 5) is 21.0. The molecule has 2 atom stereocenters. The van der Waals surface area contributed by atoms with Crippen molar-refractivity contribution in [2.24, 2.45) is 4.40 Å². The number of pyridine rings is 1. The van der Waals surface area contributed by atoms with Gasteiger partial charge in [-0.2, -0.15) is 0 Å². The highest BCUT2D eigenvalue weighted by Crippen LogP contribution is 2.58. The van der Waals surface area contributed by atoms with Crippen LogP contribution in [0.5, 0.6) is 0 Å². The lowest BCUT2D eigenvalue weighted by Gasteiger charge is -2.49. The van der Waals surface area contributed by atoms with Crippen molar-refractivity contribution in [1.29, 1.82) is 0 Å². The third-order valence-corrected chi connectivity index (χ3v) is 9.56. The highest BCUT2D eigenvalue weighted by atomic mass is 35.5. The molecule has 12 heteroatoms. The maximum absolute atomic E-state index is 15.2. The SMILES string of the molecule is C=CC(=O)N1C[C@H](C)N(C2=NS(O)(O)N(c3c(CC)cccc3CC)c3nc(-c4c(N)cccc4F)c(Cl)cc32)C[C@H]1C. The van der Waals surface area contributed by atoms with Gasteiger partial charge in [-0.25, -0.2) is 13.7 Å². The molecule has 9 nitrogen and oxygen atoms in total. The third-order valence-electron chi connectivity index (χ3n) is 8.01. The molecule has 0 unspecified atom stereocenters. The van der Waals surface area contributed by atoms with Gasteiger partial charge in [-0.05, 0) is 73.1 Å². The second-order valence-electron chi connectivity index (χ2n) is 10.8. The highest BCUT2D eigenvalue weighted by molar-refractivity contribution is 8.24. The molecule has 0 spiro atoms. The van der Waals surface area contributed by atoms with Gasteiger partial charge in [0.1, 0.15) is 5.82 Å². The van der Waals surface area contributed by atoms with Gasteiger partial charge in [-0.3, -0.25) is 13.9 Å². The molecule has 2 aromatic carbocycles. The Labute approximate surface area is 258 Å². The number of rotatable bonds is 5. The Morgan fingerprint density at radius 1 is 1.14 bits per heavy atom. The summed E-state index contributed by atoms with van der Waals surface area (Å²) in [6.07, 6.45) is 2.50. The summed E-state index contributed by atoms with van der Waals surface area (Å²) in [5, 5.41) is 0.127. The van der Waals surface area contributed by atoms with E-state index in [9.17, 15) is 13.9 Å². The second-order valence-corrected chi connectivity index (χ2v) is 12.7. The number of benzene rings is 2. The zero-order valence-corrected chi connectivity index (χ0v) is 26.2. The van der Waals surface area contributed by atoms with E-state index in [2.05, 4.69) is 11.0 Å². The number of halogens is 2. The standard InChI is InChI=1S/C31H36ClFN6O3S/c1-6-20-11-9-12-21(7-2)29(20)39-30-22(15-23(32)28(35-30)27-24(33)13-10-14-25(27)34)31(36-43(39,41)42)38-17-18(4)37(16-19(38)5)26(40)8-3/h8-15,18-19,41-42H,3,6-7,16-17,34H2,1-2,4-5H3/t18-,19+/m1/s1. The number of amides is 1. The number of para-hydroxylation sites is 1. The summed E-state index contributed by atoms with van der Waals surface area (Å²) >= 11 is 6.82. The zero-order valence-electron chi connectivity index (χ0n) is 24.6. The molecule has 1 amide bonds. The molecule has 2 aliphatic heterocycles. The molecule has 2 aliphatic rings. The van der Waals surface area contributed by atoms with E-state index in [0.717, 1.165) is 11.1 Å². The first-order valence-electron chi connectivity index (χ1n) is 14.2. The number of fused-ring (bicyclic) bond motifs is 1. The van der Waals surface area contributed by atoms with E-state index < -0.39 is 16.8 Å². The maximum atomic E-state index is 15.2. The van der Waals surface area contributed by atoms with E-state index in [1.165, 1.54) is 22.5 Å². The van der Waals surface area contributed by atoms with Gasteiger partial charge in [0.2, 0.25) is 5.91 Å². The molecule has 43 heavy (non-hydrogen) atoms. The monoisotopic (exact) mass is 626 g/mol. The normalized spacial score (nSPS) is 20.4. The van der Waals surface area contributed by atoms with Crippen LogP contribution in [0.3, 0.4) is 0 Å². The number of piperazine rings is 1. The molecule has 1 aromatic heterocycles. The molecule has 1 saturated heterocycles. The van der Waals surface area contributed by atoms with Crippen molar-refractivity contribution in [3.8, 4) is 11.3 Å². The molecule has 3 aromatic rings. The summed E-state index contributed by atoms with van der Waals surface area (Å²) in [5.41, 5.74) is 9.21. The van der Waals surface area contributed by atoms with Crippen LogP contribution < -0.4 is 10.0 Å². The molecule has 4 N–H and O–H groups in total. The van der Waals surface area contributed by atoms with Crippen LogP contribution in [-0.4, -0.2) is 60.8 Å². The van der Waals surface area contributed by atoms with Crippen LogP contribution in [0.1, 0.15) is 44.4 Å². The maximum Gasteiger partial charge on any atom is 0.246 e. The minimum Gasteiger partial charge on any atom is -0.398 e. The predicted molar refractivity (Wildman–Crippen MR) is 173 cm³/mol. The van der Waals surface area contributed by atoms with E-state index in [1.54, 1.807) is 17.0 Å². The number of aromatic nitrogens is 1. The topological polar surface area (TPSA) is 119 Å². The molecule has 3 heterocycles. The van der Waals surface area contributed by atoms with Crippen molar-refractivity contribution in [3.63, 3.8) is 0 Å². The van der Waals surface area contributed by atoms with E-state index in [0.29, 0.717) is 37.2 Å². The number of aryl methyl sites for hydroxylation is 2. The fourth-order valence-corrected chi connectivity index (χ4v) is 7.46. The van der Waals surface area contributed by atoms with Gasteiger partial charge in [0.25, 0.3) is 0 Å². The number of nitrogens with two attached hydrogens (primary N) is 1. The first-order valence-corrected chi connectivity index (χ1v) is 16.0. The quantitative estimate of drug-likeness (QED) is 0.210. The summed E-state index contributed by atoms with van der Waals surface area (Å²) in [5.74, 6) is -0.329. The molecular formula is C31H36ClFN6O3S. The fourth-order valence-electron chi connectivity index (χ4n) is 5.84. The number of hydrogen-bond acceptors (Lipinski definition) is 8. The summed E-state index contributed by atoms with van der Waals surface area (Å²) in [7, 11) is -3.91. The predicted octanol–water partition coefficient (Wildman–Crippen LogP) is 6.83. The fraction of sp³-hybridized carbons (Fsp3) is 0.323.